The molecule has 5 nitrogen and oxygen atoms in total. The van der Waals surface area contributed by atoms with Crippen molar-refractivity contribution in [3.05, 3.63) is 47.8 Å². The van der Waals surface area contributed by atoms with E-state index in [9.17, 15) is 4.39 Å². The Hall–Kier alpha value is -2.47. The number of nitrogens with zero attached hydrogens (tertiary/aromatic N) is 2. The number of ether oxygens (including phenoxy) is 2. The van der Waals surface area contributed by atoms with Crippen molar-refractivity contribution in [3.63, 3.8) is 0 Å². The molecule has 23 heavy (non-hydrogen) atoms. The van der Waals surface area contributed by atoms with E-state index in [1.54, 1.807) is 6.07 Å². The molecule has 0 aromatic heterocycles. The van der Waals surface area contributed by atoms with Gasteiger partial charge in [0, 0.05) is 23.5 Å². The third kappa shape index (κ3) is 2.77. The van der Waals surface area contributed by atoms with Gasteiger partial charge >= 0.3 is 0 Å². The molecule has 2 aromatic carbocycles. The van der Waals surface area contributed by atoms with Crippen LogP contribution < -0.4 is 14.8 Å². The number of anilines is 1. The van der Waals surface area contributed by atoms with Crippen LogP contribution in [0.25, 0.3) is 0 Å². The Bertz CT molecular complexity index is 740. The van der Waals surface area contributed by atoms with Crippen LogP contribution in [0.3, 0.4) is 0 Å². The molecule has 0 amide bonds. The molecule has 1 N–H and O–H groups in total. The Labute approximate surface area is 138 Å². The number of hydrogen-bond donors (Lipinski definition) is 1. The largest absolute Gasteiger partial charge is 0.493 e. The predicted octanol–water partition coefficient (Wildman–Crippen LogP) is 4.08. The van der Waals surface area contributed by atoms with Crippen LogP contribution >= 0.6 is 11.8 Å². The van der Waals surface area contributed by atoms with Crippen molar-refractivity contribution < 1.29 is 13.9 Å². The van der Waals surface area contributed by atoms with Gasteiger partial charge in [-0.05, 0) is 12.1 Å². The number of benzene rings is 2. The first-order valence-electron chi connectivity index (χ1n) is 6.90. The molecular weight excluding hydrogens is 321 g/mol. The molecule has 0 spiro atoms. The van der Waals surface area contributed by atoms with Gasteiger partial charge in [0.2, 0.25) is 0 Å². The lowest BCUT2D eigenvalue weighted by molar-refractivity contribution is 0.333. The van der Waals surface area contributed by atoms with Gasteiger partial charge in [-0.2, -0.15) is 0 Å². The molecule has 0 radical (unpaired) electrons. The van der Waals surface area contributed by atoms with E-state index >= 15 is 0 Å². The average Bonchev–Trinajstić information content (AvgIpc) is 2.58. The van der Waals surface area contributed by atoms with E-state index in [0.29, 0.717) is 11.3 Å². The highest BCUT2D eigenvalue weighted by Crippen LogP contribution is 2.44. The summed E-state index contributed by atoms with van der Waals surface area (Å²) < 4.78 is 26.5. The van der Waals surface area contributed by atoms with E-state index in [-0.39, 0.29) is 11.5 Å². The molecule has 0 aliphatic carbocycles. The van der Waals surface area contributed by atoms with Crippen LogP contribution in [0, 0.1) is 5.82 Å². The van der Waals surface area contributed by atoms with Crippen molar-refractivity contribution >= 4 is 29.5 Å². The monoisotopic (exact) mass is 335 g/mol. The van der Waals surface area contributed by atoms with Crippen LogP contribution in [0.5, 0.6) is 11.5 Å². The van der Waals surface area contributed by atoms with Crippen LogP contribution in [-0.2, 0) is 0 Å². The van der Waals surface area contributed by atoms with Crippen LogP contribution in [0.15, 0.2) is 41.4 Å². The van der Waals surface area contributed by atoms with Crippen LogP contribution in [0.4, 0.5) is 15.8 Å². The number of hydrogen-bond acceptors (Lipinski definition) is 5. The van der Waals surface area contributed by atoms with E-state index in [0.717, 1.165) is 5.69 Å². The Balaban J connectivity index is 2.09. The summed E-state index contributed by atoms with van der Waals surface area (Å²) in [5.74, 6) is -0.256. The summed E-state index contributed by atoms with van der Waals surface area (Å²) in [6.45, 7) is 0. The van der Waals surface area contributed by atoms with Gasteiger partial charge in [0.25, 0.3) is 0 Å². The van der Waals surface area contributed by atoms with Gasteiger partial charge in [0.05, 0.1) is 25.5 Å². The molecule has 1 atom stereocenters. The number of nitrogens with one attached hydrogen (secondary N) is 1. The average molecular weight is 336 g/mol. The molecule has 0 fully saturated rings. The molecule has 3 rings (SSSR count). The number of halogens is 2. The number of rotatable bonds is 4. The Kier molecular flexibility index (Phi) is 4.25. The summed E-state index contributed by atoms with van der Waals surface area (Å²) in [6.07, 6.45) is 0.793. The van der Waals surface area contributed by atoms with Crippen molar-refractivity contribution in [1.82, 2.24) is 4.42 Å². The summed E-state index contributed by atoms with van der Waals surface area (Å²) in [5.41, 5.74) is 1.54. The van der Waals surface area contributed by atoms with E-state index < -0.39 is 12.0 Å². The molecule has 120 valence electrons. The SMILES string of the molecule is COc1cc2c(c(F)c1OC)C(Nc1ccccc1)N(Cl)C=N2. The maximum atomic E-state index is 14.9. The Morgan fingerprint density at radius 1 is 1.22 bits per heavy atom. The lowest BCUT2D eigenvalue weighted by Crippen LogP contribution is -2.29. The highest BCUT2D eigenvalue weighted by atomic mass is 35.5. The number of aliphatic imine (C=N–C) groups is 1. The smallest absolute Gasteiger partial charge is 0.197 e. The molecule has 2 aromatic rings. The number of fused-ring (bicyclic) bond motifs is 1. The maximum Gasteiger partial charge on any atom is 0.197 e. The van der Waals surface area contributed by atoms with Gasteiger partial charge in [-0.3, -0.25) is 0 Å². The quantitative estimate of drug-likeness (QED) is 0.855. The van der Waals surface area contributed by atoms with E-state index in [4.69, 9.17) is 21.3 Å². The molecule has 1 aliphatic rings. The predicted molar refractivity (Wildman–Crippen MR) is 88.2 cm³/mol. The van der Waals surface area contributed by atoms with E-state index in [1.807, 2.05) is 30.3 Å². The topological polar surface area (TPSA) is 46.1 Å². The van der Waals surface area contributed by atoms with Crippen LogP contribution in [-0.4, -0.2) is 25.0 Å². The minimum Gasteiger partial charge on any atom is -0.493 e. The highest BCUT2D eigenvalue weighted by molar-refractivity contribution is 6.19. The summed E-state index contributed by atoms with van der Waals surface area (Å²) in [4.78, 5) is 4.16. The third-order valence-electron chi connectivity index (χ3n) is 3.53. The minimum atomic E-state index is -0.633. The zero-order valence-electron chi connectivity index (χ0n) is 12.6. The fourth-order valence-electron chi connectivity index (χ4n) is 2.45. The van der Waals surface area contributed by atoms with Crippen molar-refractivity contribution in [1.29, 1.82) is 0 Å². The molecular formula is C16H15ClFN3O2. The maximum absolute atomic E-state index is 14.9. The molecule has 0 saturated heterocycles. The van der Waals surface area contributed by atoms with Gasteiger partial charge in [-0.15, -0.1) is 0 Å². The first-order chi connectivity index (χ1) is 11.2. The summed E-state index contributed by atoms with van der Waals surface area (Å²) >= 11 is 6.18. The fraction of sp³-hybridized carbons (Fsp3) is 0.188. The van der Waals surface area contributed by atoms with Gasteiger partial charge in [-0.1, -0.05) is 18.2 Å². The van der Waals surface area contributed by atoms with Crippen LogP contribution in [0.1, 0.15) is 11.7 Å². The van der Waals surface area contributed by atoms with Crippen molar-refractivity contribution in [2.45, 2.75) is 6.17 Å². The highest BCUT2D eigenvalue weighted by Gasteiger charge is 2.31. The fourth-order valence-corrected chi connectivity index (χ4v) is 2.64. The second kappa shape index (κ2) is 6.34. The lowest BCUT2D eigenvalue weighted by Gasteiger charge is -2.30. The second-order valence-corrected chi connectivity index (χ2v) is 5.25. The third-order valence-corrected chi connectivity index (χ3v) is 3.81. The first-order valence-corrected chi connectivity index (χ1v) is 7.23. The molecule has 0 saturated carbocycles. The van der Waals surface area contributed by atoms with Gasteiger partial charge in [-0.25, -0.2) is 13.8 Å². The second-order valence-electron chi connectivity index (χ2n) is 4.86. The van der Waals surface area contributed by atoms with E-state index in [1.165, 1.54) is 25.0 Å². The first kappa shape index (κ1) is 15.4. The molecule has 0 bridgehead atoms. The van der Waals surface area contributed by atoms with Crippen molar-refractivity contribution in [2.75, 3.05) is 19.5 Å². The molecule has 1 heterocycles. The standard InChI is InChI=1S/C16H15ClFN3O2/c1-22-12-8-11-13(14(18)15(12)23-2)16(21(17)9-19-11)20-10-6-4-3-5-7-10/h3-9,16,20H,1-2H3. The summed E-state index contributed by atoms with van der Waals surface area (Å²) in [6, 6.07) is 11.0. The van der Waals surface area contributed by atoms with Crippen molar-refractivity contribution in [2.24, 2.45) is 4.99 Å². The van der Waals surface area contributed by atoms with Crippen molar-refractivity contribution in [3.8, 4) is 11.5 Å². The normalized spacial score (nSPS) is 16.0. The number of methoxy groups -OCH3 is 2. The molecule has 1 aliphatic heterocycles. The zero-order chi connectivity index (χ0) is 16.4. The zero-order valence-corrected chi connectivity index (χ0v) is 13.3. The molecule has 7 heteroatoms. The van der Waals surface area contributed by atoms with E-state index in [2.05, 4.69) is 10.3 Å². The van der Waals surface area contributed by atoms with Gasteiger partial charge in [0.15, 0.2) is 17.3 Å². The van der Waals surface area contributed by atoms with Crippen LogP contribution in [0.2, 0.25) is 0 Å². The van der Waals surface area contributed by atoms with Gasteiger partial charge < -0.3 is 14.8 Å². The summed E-state index contributed by atoms with van der Waals surface area (Å²) in [7, 11) is 2.83. The number of para-hydroxylation sites is 1. The minimum absolute atomic E-state index is 0.0216. The lowest BCUT2D eigenvalue weighted by atomic mass is 10.1. The Morgan fingerprint density at radius 2 is 1.96 bits per heavy atom. The van der Waals surface area contributed by atoms with Gasteiger partial charge in [0.1, 0.15) is 12.5 Å². The Morgan fingerprint density at radius 3 is 2.61 bits per heavy atom. The summed E-state index contributed by atoms with van der Waals surface area (Å²) in [5, 5.41) is 3.18. The molecule has 1 unspecified atom stereocenters.